The maximum atomic E-state index is 13.3. The van der Waals surface area contributed by atoms with E-state index in [1.54, 1.807) is 29.2 Å². The van der Waals surface area contributed by atoms with Crippen molar-refractivity contribution in [2.45, 2.75) is 26.1 Å². The van der Waals surface area contributed by atoms with Gasteiger partial charge in [0, 0.05) is 17.3 Å². The van der Waals surface area contributed by atoms with Crippen molar-refractivity contribution in [1.82, 2.24) is 0 Å². The molecule has 6 nitrogen and oxygen atoms in total. The predicted octanol–water partition coefficient (Wildman–Crippen LogP) is 4.13. The van der Waals surface area contributed by atoms with Crippen LogP contribution in [-0.4, -0.2) is 30.3 Å². The van der Waals surface area contributed by atoms with Crippen LogP contribution in [0.1, 0.15) is 34.5 Å². The van der Waals surface area contributed by atoms with Crippen LogP contribution in [0.5, 0.6) is 0 Å². The van der Waals surface area contributed by atoms with Crippen molar-refractivity contribution in [1.29, 1.82) is 0 Å². The van der Waals surface area contributed by atoms with Crippen molar-refractivity contribution in [3.63, 3.8) is 0 Å². The number of hydrogen-bond acceptors (Lipinski definition) is 5. The van der Waals surface area contributed by atoms with Gasteiger partial charge in [0.15, 0.2) is 11.3 Å². The molecule has 7 heteroatoms. The van der Waals surface area contributed by atoms with Gasteiger partial charge in [-0.05, 0) is 37.6 Å². The molecule has 4 rings (SSSR count). The van der Waals surface area contributed by atoms with Gasteiger partial charge in [0.2, 0.25) is 0 Å². The third kappa shape index (κ3) is 3.55. The summed E-state index contributed by atoms with van der Waals surface area (Å²) in [4.78, 5) is 25.9. The van der Waals surface area contributed by atoms with E-state index < -0.39 is 12.1 Å². The summed E-state index contributed by atoms with van der Waals surface area (Å²) in [5, 5.41) is 13.1. The molecule has 0 saturated carbocycles. The molecule has 1 aliphatic heterocycles. The molecule has 0 aliphatic carbocycles. The lowest BCUT2D eigenvalue weighted by Crippen LogP contribution is -2.48. The second-order valence-corrected chi connectivity index (χ2v) is 7.40. The number of benzene rings is 2. The Hall–Kier alpha value is -3.35. The third-order valence-electron chi connectivity index (χ3n) is 5.13. The molecule has 1 saturated heterocycles. The molecule has 2 heterocycles. The molecule has 3 aromatic rings. The largest absolute Gasteiger partial charge is 0.478 e. The first kappa shape index (κ1) is 19.0. The zero-order valence-electron chi connectivity index (χ0n) is 16.1. The quantitative estimate of drug-likeness (QED) is 0.675. The number of alkyl halides is 1. The molecule has 0 amide bonds. The number of nitrogens with zero attached hydrogens (tertiary/aromatic N) is 1. The number of hydrogen-bond donors (Lipinski definition) is 2. The molecule has 1 unspecified atom stereocenters. The Morgan fingerprint density at radius 3 is 2.69 bits per heavy atom. The van der Waals surface area contributed by atoms with Crippen LogP contribution in [0.3, 0.4) is 0 Å². The first-order chi connectivity index (χ1) is 13.8. The number of fused-ring (bicyclic) bond motifs is 1. The molecule has 150 valence electrons. The Morgan fingerprint density at radius 2 is 2.00 bits per heavy atom. The monoisotopic (exact) mass is 396 g/mol. The lowest BCUT2D eigenvalue weighted by atomic mass is 10.0. The van der Waals surface area contributed by atoms with Crippen molar-refractivity contribution in [2.75, 3.05) is 23.3 Å². The molecule has 1 aromatic heterocycles. The summed E-state index contributed by atoms with van der Waals surface area (Å²) in [6, 6.07) is 11.4. The second kappa shape index (κ2) is 7.24. The lowest BCUT2D eigenvalue weighted by Gasteiger charge is -2.34. The summed E-state index contributed by atoms with van der Waals surface area (Å²) in [5.41, 5.74) is 2.49. The minimum absolute atomic E-state index is 0.160. The van der Waals surface area contributed by atoms with Crippen LogP contribution in [0.2, 0.25) is 0 Å². The van der Waals surface area contributed by atoms with Gasteiger partial charge in [-0.25, -0.2) is 9.18 Å². The highest BCUT2D eigenvalue weighted by Crippen LogP contribution is 2.32. The van der Waals surface area contributed by atoms with E-state index in [2.05, 4.69) is 5.32 Å². The van der Waals surface area contributed by atoms with Crippen LogP contribution in [0, 0.1) is 6.92 Å². The Balaban J connectivity index is 1.78. The molecule has 0 radical (unpaired) electrons. The summed E-state index contributed by atoms with van der Waals surface area (Å²) in [6.45, 7) is 4.17. The lowest BCUT2D eigenvalue weighted by molar-refractivity contribution is 0.0698. The van der Waals surface area contributed by atoms with Crippen LogP contribution in [0.15, 0.2) is 51.7 Å². The Labute approximate surface area is 166 Å². The highest BCUT2D eigenvalue weighted by molar-refractivity contribution is 5.94. The topological polar surface area (TPSA) is 82.8 Å². The van der Waals surface area contributed by atoms with Crippen molar-refractivity contribution in [3.8, 4) is 0 Å². The average Bonchev–Trinajstić information content (AvgIpc) is 2.65. The van der Waals surface area contributed by atoms with Crippen molar-refractivity contribution >= 4 is 28.5 Å². The van der Waals surface area contributed by atoms with Gasteiger partial charge in [-0.15, -0.1) is 0 Å². The number of aryl methyl sites for hydroxylation is 1. The zero-order chi connectivity index (χ0) is 20.7. The number of aromatic carboxylic acids is 1. The van der Waals surface area contributed by atoms with Crippen LogP contribution in [-0.2, 0) is 0 Å². The minimum Gasteiger partial charge on any atom is -0.478 e. The Kier molecular flexibility index (Phi) is 4.74. The maximum Gasteiger partial charge on any atom is 0.337 e. The van der Waals surface area contributed by atoms with Gasteiger partial charge in [-0.2, -0.15) is 0 Å². The fraction of sp³-hybridized carbons (Fsp3) is 0.273. The summed E-state index contributed by atoms with van der Waals surface area (Å²) >= 11 is 0. The van der Waals surface area contributed by atoms with E-state index in [0.717, 1.165) is 11.1 Å². The number of para-hydroxylation sites is 1. The van der Waals surface area contributed by atoms with E-state index in [1.807, 2.05) is 19.9 Å². The Morgan fingerprint density at radius 1 is 1.28 bits per heavy atom. The molecule has 1 fully saturated rings. The summed E-state index contributed by atoms with van der Waals surface area (Å²) in [7, 11) is 0. The van der Waals surface area contributed by atoms with E-state index >= 15 is 0 Å². The van der Waals surface area contributed by atoms with E-state index in [4.69, 9.17) is 4.42 Å². The molecule has 2 aromatic carbocycles. The Bertz CT molecular complexity index is 1150. The summed E-state index contributed by atoms with van der Waals surface area (Å²) < 4.78 is 19.3. The molecule has 0 bridgehead atoms. The van der Waals surface area contributed by atoms with Crippen LogP contribution in [0.4, 0.5) is 16.0 Å². The smallest absolute Gasteiger partial charge is 0.337 e. The molecule has 1 atom stereocenters. The maximum absolute atomic E-state index is 13.3. The highest BCUT2D eigenvalue weighted by Gasteiger charge is 2.29. The SMILES string of the molecule is Cc1cc(C(C)Nc2ccccc2C(=O)O)c2oc(N3CC(F)C3)cc(=O)c2c1. The van der Waals surface area contributed by atoms with Gasteiger partial charge >= 0.3 is 5.97 Å². The average molecular weight is 396 g/mol. The first-order valence-electron chi connectivity index (χ1n) is 9.39. The fourth-order valence-corrected chi connectivity index (χ4v) is 3.61. The fourth-order valence-electron chi connectivity index (χ4n) is 3.61. The van der Waals surface area contributed by atoms with Crippen LogP contribution < -0.4 is 15.6 Å². The van der Waals surface area contributed by atoms with E-state index in [-0.39, 0.29) is 30.1 Å². The number of rotatable bonds is 5. The number of carboxylic acid groups (broad SMARTS) is 1. The van der Waals surface area contributed by atoms with Crippen molar-refractivity contribution in [2.24, 2.45) is 0 Å². The van der Waals surface area contributed by atoms with Crippen molar-refractivity contribution < 1.29 is 18.7 Å². The highest BCUT2D eigenvalue weighted by atomic mass is 19.1. The van der Waals surface area contributed by atoms with Crippen LogP contribution in [0.25, 0.3) is 11.0 Å². The first-order valence-corrected chi connectivity index (χ1v) is 9.39. The summed E-state index contributed by atoms with van der Waals surface area (Å²) in [5.74, 6) is -0.679. The third-order valence-corrected chi connectivity index (χ3v) is 5.13. The number of carboxylic acids is 1. The standard InChI is InChI=1S/C22H21FN2O4/c1-12-7-16(13(2)24-18-6-4-3-5-15(18)22(27)28)21-17(8-12)19(26)9-20(29-21)25-10-14(23)11-25/h3-9,13-14,24H,10-11H2,1-2H3,(H,27,28). The molecule has 1 aliphatic rings. The van der Waals surface area contributed by atoms with Gasteiger partial charge in [-0.3, -0.25) is 4.79 Å². The summed E-state index contributed by atoms with van der Waals surface area (Å²) in [6.07, 6.45) is -0.915. The predicted molar refractivity (Wildman–Crippen MR) is 110 cm³/mol. The molecular weight excluding hydrogens is 375 g/mol. The molecule has 0 spiro atoms. The second-order valence-electron chi connectivity index (χ2n) is 7.40. The van der Waals surface area contributed by atoms with E-state index in [1.165, 1.54) is 12.1 Å². The number of anilines is 2. The van der Waals surface area contributed by atoms with Gasteiger partial charge < -0.3 is 19.7 Å². The van der Waals surface area contributed by atoms with Gasteiger partial charge in [0.1, 0.15) is 11.8 Å². The van der Waals surface area contributed by atoms with Crippen LogP contribution >= 0.6 is 0 Å². The number of halogens is 1. The van der Waals surface area contributed by atoms with Gasteiger partial charge in [0.25, 0.3) is 0 Å². The molecule has 2 N–H and O–H groups in total. The zero-order valence-corrected chi connectivity index (χ0v) is 16.1. The minimum atomic E-state index is -1.03. The van der Waals surface area contributed by atoms with Crippen molar-refractivity contribution in [3.05, 3.63) is 69.4 Å². The number of carbonyl (C=O) groups is 1. The van der Waals surface area contributed by atoms with Gasteiger partial charge in [-0.1, -0.05) is 18.2 Å². The normalized spacial score (nSPS) is 15.2. The number of nitrogens with one attached hydrogen (secondary N) is 1. The molecular formula is C22H21FN2O4. The molecule has 29 heavy (non-hydrogen) atoms. The van der Waals surface area contributed by atoms with E-state index in [0.29, 0.717) is 22.5 Å². The van der Waals surface area contributed by atoms with Gasteiger partial charge in [0.05, 0.1) is 30.1 Å². The van der Waals surface area contributed by atoms with E-state index in [9.17, 15) is 19.1 Å².